The van der Waals surface area contributed by atoms with E-state index in [4.69, 9.17) is 4.98 Å². The average Bonchev–Trinajstić information content (AvgIpc) is 3.93. The zero-order valence-corrected chi connectivity index (χ0v) is 36.4. The molecule has 2 aromatic carbocycles. The second kappa shape index (κ2) is 19.7. The lowest BCUT2D eigenvalue weighted by molar-refractivity contribution is 0.300. The number of benzene rings is 2. The van der Waals surface area contributed by atoms with Gasteiger partial charge in [-0.2, -0.15) is 0 Å². The number of rotatable bonds is 19. The molecule has 0 aliphatic carbocycles. The van der Waals surface area contributed by atoms with E-state index in [-0.39, 0.29) is 17.7 Å². The van der Waals surface area contributed by atoms with Gasteiger partial charge in [0.05, 0.1) is 17.4 Å². The molecule has 2 aliphatic heterocycles. The maximum absolute atomic E-state index is 15.7. The topological polar surface area (TPSA) is 90.6 Å². The Hall–Kier alpha value is -5.79. The smallest absolute Gasteiger partial charge is 0.154 e. The molecule has 13 heteroatoms. The molecule has 320 valence electrons. The molecule has 0 saturated carbocycles. The van der Waals surface area contributed by atoms with E-state index >= 15 is 8.78 Å². The SMILES string of the molecule is C=CNC(=C)C(CCC)Nc1ccc(N2CCC(CC(=C)N3CCN(c4ccc(-c5cnc6[nH]cc(C(=C)c7cccc(NSN(C)CC)c7F)c6c5)cn4)CC3)C2)c(F)c1. The molecule has 4 N–H and O–H groups in total. The molecule has 0 bridgehead atoms. The monoisotopic (exact) mass is 844 g/mol. The molecule has 7 rings (SSSR count). The fraction of sp³-hybridized carbons (Fsp3) is 0.333. The minimum Gasteiger partial charge on any atom is -0.377 e. The molecule has 2 aliphatic rings. The zero-order valence-electron chi connectivity index (χ0n) is 35.6. The Labute approximate surface area is 363 Å². The third kappa shape index (κ3) is 10.1. The molecule has 2 atom stereocenters. The molecular formula is C48H58F2N10S. The third-order valence-corrected chi connectivity index (χ3v) is 12.7. The van der Waals surface area contributed by atoms with E-state index in [1.54, 1.807) is 24.4 Å². The van der Waals surface area contributed by atoms with Crippen molar-refractivity contribution in [3.8, 4) is 11.1 Å². The number of H-pyrrole nitrogens is 1. The summed E-state index contributed by atoms with van der Waals surface area (Å²) >= 11 is 1.35. The number of pyridine rings is 2. The van der Waals surface area contributed by atoms with Crippen LogP contribution in [0, 0.1) is 17.6 Å². The summed E-state index contributed by atoms with van der Waals surface area (Å²) in [6, 6.07) is 17.0. The fourth-order valence-electron chi connectivity index (χ4n) is 8.18. The van der Waals surface area contributed by atoms with Crippen LogP contribution in [0.5, 0.6) is 0 Å². The highest BCUT2D eigenvalue weighted by Crippen LogP contribution is 2.35. The Morgan fingerprint density at radius 3 is 2.49 bits per heavy atom. The normalized spacial score (nSPS) is 15.9. The highest BCUT2D eigenvalue weighted by molar-refractivity contribution is 7.98. The van der Waals surface area contributed by atoms with E-state index in [0.29, 0.717) is 34.1 Å². The molecule has 61 heavy (non-hydrogen) atoms. The molecule has 2 saturated heterocycles. The summed E-state index contributed by atoms with van der Waals surface area (Å²) in [5.41, 5.74) is 8.12. The van der Waals surface area contributed by atoms with Gasteiger partial charge < -0.3 is 35.0 Å². The maximum atomic E-state index is 15.7. The van der Waals surface area contributed by atoms with Crippen LogP contribution in [0.15, 0.2) is 117 Å². The van der Waals surface area contributed by atoms with Crippen LogP contribution < -0.4 is 25.2 Å². The van der Waals surface area contributed by atoms with Crippen molar-refractivity contribution in [3.05, 3.63) is 140 Å². The highest BCUT2D eigenvalue weighted by atomic mass is 32.2. The summed E-state index contributed by atoms with van der Waals surface area (Å²) in [6.07, 6.45) is 10.9. The second-order valence-electron chi connectivity index (χ2n) is 15.9. The Morgan fingerprint density at radius 1 is 0.967 bits per heavy atom. The van der Waals surface area contributed by atoms with E-state index in [9.17, 15) is 0 Å². The first kappa shape index (κ1) is 43.3. The first-order chi connectivity index (χ1) is 29.6. The number of allylic oxidation sites excluding steroid dienone is 1. The van der Waals surface area contributed by atoms with Crippen LogP contribution in [-0.4, -0.2) is 83.1 Å². The van der Waals surface area contributed by atoms with Crippen LogP contribution in [-0.2, 0) is 0 Å². The number of hydrogen-bond donors (Lipinski definition) is 4. The van der Waals surface area contributed by atoms with Crippen molar-refractivity contribution in [1.29, 1.82) is 0 Å². The number of nitrogens with one attached hydrogen (secondary N) is 4. The second-order valence-corrected chi connectivity index (χ2v) is 16.9. The highest BCUT2D eigenvalue weighted by Gasteiger charge is 2.28. The van der Waals surface area contributed by atoms with Crippen molar-refractivity contribution in [3.63, 3.8) is 0 Å². The van der Waals surface area contributed by atoms with Crippen LogP contribution in [0.3, 0.4) is 0 Å². The Morgan fingerprint density at radius 2 is 1.77 bits per heavy atom. The molecule has 10 nitrogen and oxygen atoms in total. The van der Waals surface area contributed by atoms with Gasteiger partial charge in [0.15, 0.2) is 5.82 Å². The van der Waals surface area contributed by atoms with E-state index in [1.807, 2.05) is 55.1 Å². The number of aromatic nitrogens is 3. The molecule has 0 spiro atoms. The van der Waals surface area contributed by atoms with Crippen molar-refractivity contribution >= 4 is 51.6 Å². The number of piperazine rings is 1. The summed E-state index contributed by atoms with van der Waals surface area (Å²) < 4.78 is 36.2. The van der Waals surface area contributed by atoms with Gasteiger partial charge in [0.25, 0.3) is 0 Å². The Kier molecular flexibility index (Phi) is 14.0. The average molecular weight is 845 g/mol. The first-order valence-electron chi connectivity index (χ1n) is 21.2. The lowest BCUT2D eigenvalue weighted by Crippen LogP contribution is -2.46. The lowest BCUT2D eigenvalue weighted by atomic mass is 9.97. The zero-order chi connectivity index (χ0) is 43.0. The van der Waals surface area contributed by atoms with Crippen molar-refractivity contribution in [2.24, 2.45) is 5.92 Å². The third-order valence-electron chi connectivity index (χ3n) is 11.8. The molecule has 0 amide bonds. The van der Waals surface area contributed by atoms with Crippen LogP contribution in [0.1, 0.15) is 50.7 Å². The minimum absolute atomic E-state index is 0.0174. The largest absolute Gasteiger partial charge is 0.377 e. The van der Waals surface area contributed by atoms with Crippen molar-refractivity contribution < 1.29 is 8.78 Å². The predicted octanol–water partition coefficient (Wildman–Crippen LogP) is 10.3. The van der Waals surface area contributed by atoms with Crippen molar-refractivity contribution in [2.45, 2.75) is 45.6 Å². The predicted molar refractivity (Wildman–Crippen MR) is 252 cm³/mol. The molecule has 3 aromatic heterocycles. The summed E-state index contributed by atoms with van der Waals surface area (Å²) in [5.74, 6) is 0.784. The number of anilines is 4. The van der Waals surface area contributed by atoms with Gasteiger partial charge in [-0.25, -0.2) is 23.1 Å². The lowest BCUT2D eigenvalue weighted by Gasteiger charge is -2.38. The quantitative estimate of drug-likeness (QED) is 0.0603. The summed E-state index contributed by atoms with van der Waals surface area (Å²) in [6.45, 7) is 26.6. The Balaban J connectivity index is 0.916. The van der Waals surface area contributed by atoms with E-state index in [2.05, 4.69) is 91.5 Å². The van der Waals surface area contributed by atoms with E-state index in [1.165, 1.54) is 12.1 Å². The molecule has 0 radical (unpaired) electrons. The Bertz CT molecular complexity index is 2350. The van der Waals surface area contributed by atoms with Gasteiger partial charge in [-0.15, -0.1) is 0 Å². The molecule has 5 heterocycles. The van der Waals surface area contributed by atoms with E-state index < -0.39 is 0 Å². The summed E-state index contributed by atoms with van der Waals surface area (Å²) in [4.78, 5) is 19.7. The van der Waals surface area contributed by atoms with Gasteiger partial charge in [-0.3, -0.25) is 0 Å². The fourth-order valence-corrected chi connectivity index (χ4v) is 8.72. The maximum Gasteiger partial charge on any atom is 0.154 e. The van der Waals surface area contributed by atoms with E-state index in [0.717, 1.165) is 116 Å². The molecule has 2 unspecified atom stereocenters. The first-order valence-corrected chi connectivity index (χ1v) is 21.9. The van der Waals surface area contributed by atoms with Crippen molar-refractivity contribution in [2.75, 3.05) is 72.7 Å². The van der Waals surface area contributed by atoms with Crippen LogP contribution >= 0.6 is 12.1 Å². The van der Waals surface area contributed by atoms with Gasteiger partial charge in [0, 0.05) is 121 Å². The van der Waals surface area contributed by atoms with Crippen LogP contribution in [0.2, 0.25) is 0 Å². The standard InChI is InChI=1S/C48H58F2N10S/c1-8-12-43(34(6)51-9-2)55-38-16-17-45(42(49)27-38)60-20-19-35(31-60)25-32(4)58-21-23-59(24-22-58)46-18-15-36(28-52-46)37-26-40-41(30-54-48(40)53-29-37)33(5)39-13-11-14-44(47(39)50)56-61-57(7)10-3/h9,11,13-18,26-30,35,43,51,55-56H,2,4-6,8,10,12,19-25,31H2,1,3,7H3,(H,53,54). The number of halogens is 2. The van der Waals surface area contributed by atoms with Gasteiger partial charge >= 0.3 is 0 Å². The molecular weight excluding hydrogens is 787 g/mol. The van der Waals surface area contributed by atoms with Gasteiger partial charge in [-0.05, 0) is 86.5 Å². The number of aromatic amines is 1. The van der Waals surface area contributed by atoms with Gasteiger partial charge in [-0.1, -0.05) is 58.7 Å². The van der Waals surface area contributed by atoms with Crippen molar-refractivity contribution in [1.82, 2.24) is 29.5 Å². The van der Waals surface area contributed by atoms with Crippen LogP contribution in [0.4, 0.5) is 31.7 Å². The van der Waals surface area contributed by atoms with Crippen LogP contribution in [0.25, 0.3) is 27.7 Å². The molecule has 2 fully saturated rings. The number of hydrogen-bond acceptors (Lipinski definition) is 10. The summed E-state index contributed by atoms with van der Waals surface area (Å²) in [7, 11) is 1.95. The van der Waals surface area contributed by atoms with Gasteiger partial charge in [0.2, 0.25) is 0 Å². The van der Waals surface area contributed by atoms with Gasteiger partial charge in [0.1, 0.15) is 17.3 Å². The summed E-state index contributed by atoms with van der Waals surface area (Å²) in [5, 5.41) is 7.37. The number of fused-ring (bicyclic) bond motifs is 1. The number of nitrogens with zero attached hydrogens (tertiary/aromatic N) is 6. The molecule has 5 aromatic rings. The minimum atomic E-state index is -0.348.